The molecule has 3 rings (SSSR count). The highest BCUT2D eigenvalue weighted by molar-refractivity contribution is 5.92. The largest absolute Gasteiger partial charge is 0.344 e. The van der Waals surface area contributed by atoms with Gasteiger partial charge >= 0.3 is 0 Å². The molecule has 2 unspecified atom stereocenters. The third-order valence-corrected chi connectivity index (χ3v) is 4.28. The van der Waals surface area contributed by atoms with Gasteiger partial charge in [-0.2, -0.15) is 5.10 Å². The van der Waals surface area contributed by atoms with Gasteiger partial charge in [0.15, 0.2) is 11.6 Å². The molecule has 1 aromatic carbocycles. The quantitative estimate of drug-likeness (QED) is 0.869. The lowest BCUT2D eigenvalue weighted by Crippen LogP contribution is -2.32. The van der Waals surface area contributed by atoms with Gasteiger partial charge in [0, 0.05) is 12.7 Å². The van der Waals surface area contributed by atoms with Crippen molar-refractivity contribution in [3.8, 4) is 0 Å². The summed E-state index contributed by atoms with van der Waals surface area (Å²) in [4.78, 5) is 12.3. The lowest BCUT2D eigenvalue weighted by atomic mass is 10.1. The monoisotopic (exact) mass is 370 g/mol. The minimum atomic E-state index is -0.928. The van der Waals surface area contributed by atoms with Gasteiger partial charge < -0.3 is 10.6 Å². The number of nitrogens with zero attached hydrogens (tertiary/aromatic N) is 2. The van der Waals surface area contributed by atoms with E-state index in [0.29, 0.717) is 11.3 Å². The maximum Gasteiger partial charge on any atom is 0.272 e. The number of carbonyl (C=O) groups is 1. The molecule has 0 saturated carbocycles. The summed E-state index contributed by atoms with van der Waals surface area (Å²) in [6.07, 6.45) is 3.91. The van der Waals surface area contributed by atoms with Gasteiger partial charge in [0.2, 0.25) is 0 Å². The Balaban J connectivity index is 0.00000225. The number of piperidine rings is 1. The summed E-state index contributed by atoms with van der Waals surface area (Å²) in [5, 5.41) is 10.4. The van der Waals surface area contributed by atoms with Crippen LogP contribution in [0.5, 0.6) is 0 Å². The van der Waals surface area contributed by atoms with E-state index in [1.807, 2.05) is 4.68 Å². The zero-order valence-corrected chi connectivity index (χ0v) is 14.7. The summed E-state index contributed by atoms with van der Waals surface area (Å²) in [7, 11) is 0. The minimum absolute atomic E-state index is 0. The van der Waals surface area contributed by atoms with E-state index in [4.69, 9.17) is 0 Å². The van der Waals surface area contributed by atoms with Crippen molar-refractivity contribution in [2.75, 3.05) is 13.1 Å². The SMILES string of the molecule is CC(NC(=O)c1ccn(C2CCCNC2)n1)c1ccc(F)c(F)c1.Cl. The van der Waals surface area contributed by atoms with Gasteiger partial charge in [-0.15, -0.1) is 12.4 Å². The fourth-order valence-corrected chi connectivity index (χ4v) is 2.86. The molecule has 136 valence electrons. The number of benzene rings is 1. The summed E-state index contributed by atoms with van der Waals surface area (Å²) >= 11 is 0. The predicted molar refractivity (Wildman–Crippen MR) is 92.9 cm³/mol. The predicted octanol–water partition coefficient (Wildman–Crippen LogP) is 3.00. The lowest BCUT2D eigenvalue weighted by Gasteiger charge is -2.22. The Morgan fingerprint density at radius 3 is 2.84 bits per heavy atom. The van der Waals surface area contributed by atoms with Crippen LogP contribution in [-0.4, -0.2) is 28.8 Å². The van der Waals surface area contributed by atoms with Crippen molar-refractivity contribution in [2.24, 2.45) is 0 Å². The van der Waals surface area contributed by atoms with Crippen LogP contribution in [0.15, 0.2) is 30.5 Å². The molecular weight excluding hydrogens is 350 g/mol. The molecule has 25 heavy (non-hydrogen) atoms. The first kappa shape index (κ1) is 19.3. The smallest absolute Gasteiger partial charge is 0.272 e. The van der Waals surface area contributed by atoms with E-state index in [0.717, 1.165) is 38.1 Å². The Labute approximate surface area is 151 Å². The Hall–Kier alpha value is -1.99. The normalized spacial score (nSPS) is 18.3. The van der Waals surface area contributed by atoms with Gasteiger partial charge in [-0.3, -0.25) is 9.48 Å². The number of nitrogens with one attached hydrogen (secondary N) is 2. The van der Waals surface area contributed by atoms with E-state index >= 15 is 0 Å². The Bertz CT molecular complexity index is 731. The molecule has 8 heteroatoms. The summed E-state index contributed by atoms with van der Waals surface area (Å²) < 4.78 is 28.1. The Morgan fingerprint density at radius 1 is 1.36 bits per heavy atom. The van der Waals surface area contributed by atoms with Crippen LogP contribution in [0.2, 0.25) is 0 Å². The molecule has 1 saturated heterocycles. The number of halogens is 3. The van der Waals surface area contributed by atoms with Crippen molar-refractivity contribution >= 4 is 18.3 Å². The van der Waals surface area contributed by atoms with Crippen LogP contribution in [0.25, 0.3) is 0 Å². The average Bonchev–Trinajstić information content (AvgIpc) is 3.08. The molecule has 2 heterocycles. The summed E-state index contributed by atoms with van der Waals surface area (Å²) in [5.74, 6) is -2.17. The van der Waals surface area contributed by atoms with Gasteiger partial charge in [0.1, 0.15) is 5.69 Å². The van der Waals surface area contributed by atoms with Crippen molar-refractivity contribution in [2.45, 2.75) is 31.8 Å². The maximum absolute atomic E-state index is 13.3. The van der Waals surface area contributed by atoms with Crippen LogP contribution >= 0.6 is 12.4 Å². The first-order valence-corrected chi connectivity index (χ1v) is 8.06. The van der Waals surface area contributed by atoms with E-state index in [1.165, 1.54) is 6.07 Å². The summed E-state index contributed by atoms with van der Waals surface area (Å²) in [6, 6.07) is 5.07. The van der Waals surface area contributed by atoms with Crippen LogP contribution in [0.1, 0.15) is 47.9 Å². The molecule has 1 fully saturated rings. The Morgan fingerprint density at radius 2 is 2.16 bits per heavy atom. The molecule has 2 atom stereocenters. The highest BCUT2D eigenvalue weighted by atomic mass is 35.5. The average molecular weight is 371 g/mol. The summed E-state index contributed by atoms with van der Waals surface area (Å²) in [5.41, 5.74) is 0.813. The highest BCUT2D eigenvalue weighted by Gasteiger charge is 2.19. The standard InChI is InChI=1S/C17H20F2N4O.ClH/c1-11(12-4-5-14(18)15(19)9-12)21-17(24)16-6-8-23(22-16)13-3-2-7-20-10-13;/h4-6,8-9,11,13,20H,2-3,7,10H2,1H3,(H,21,24);1H. The highest BCUT2D eigenvalue weighted by Crippen LogP contribution is 2.18. The van der Waals surface area contributed by atoms with Crippen LogP contribution in [-0.2, 0) is 0 Å². The van der Waals surface area contributed by atoms with E-state index in [1.54, 1.807) is 19.2 Å². The molecule has 5 nitrogen and oxygen atoms in total. The van der Waals surface area contributed by atoms with Crippen molar-refractivity contribution in [1.82, 2.24) is 20.4 Å². The molecule has 2 aromatic rings. The van der Waals surface area contributed by atoms with Crippen LogP contribution in [0, 0.1) is 11.6 Å². The van der Waals surface area contributed by atoms with Crippen LogP contribution in [0.4, 0.5) is 8.78 Å². The number of carbonyl (C=O) groups excluding carboxylic acids is 1. The molecule has 1 aliphatic rings. The van der Waals surface area contributed by atoms with E-state index in [-0.39, 0.29) is 24.4 Å². The van der Waals surface area contributed by atoms with Crippen molar-refractivity contribution < 1.29 is 13.6 Å². The number of amides is 1. The molecular formula is C17H21ClF2N4O. The molecule has 0 bridgehead atoms. The van der Waals surface area contributed by atoms with Gasteiger partial charge in [-0.25, -0.2) is 8.78 Å². The number of aromatic nitrogens is 2. The lowest BCUT2D eigenvalue weighted by molar-refractivity contribution is 0.0933. The molecule has 0 aliphatic carbocycles. The van der Waals surface area contributed by atoms with Gasteiger partial charge in [0.25, 0.3) is 5.91 Å². The number of rotatable bonds is 4. The molecule has 0 spiro atoms. The van der Waals surface area contributed by atoms with Crippen LogP contribution in [0.3, 0.4) is 0 Å². The molecule has 0 radical (unpaired) electrons. The third-order valence-electron chi connectivity index (χ3n) is 4.28. The molecule has 1 amide bonds. The maximum atomic E-state index is 13.3. The van der Waals surface area contributed by atoms with Crippen molar-refractivity contribution in [1.29, 1.82) is 0 Å². The fraction of sp³-hybridized carbons (Fsp3) is 0.412. The summed E-state index contributed by atoms with van der Waals surface area (Å²) in [6.45, 7) is 3.57. The van der Waals surface area contributed by atoms with Crippen LogP contribution < -0.4 is 10.6 Å². The second-order valence-electron chi connectivity index (χ2n) is 6.05. The molecule has 2 N–H and O–H groups in total. The Kier molecular flexibility index (Phi) is 6.50. The van der Waals surface area contributed by atoms with Crippen molar-refractivity contribution in [3.05, 3.63) is 53.4 Å². The second kappa shape index (κ2) is 8.40. The fourth-order valence-electron chi connectivity index (χ4n) is 2.86. The minimum Gasteiger partial charge on any atom is -0.344 e. The van der Waals surface area contributed by atoms with Gasteiger partial charge in [0.05, 0.1) is 12.1 Å². The van der Waals surface area contributed by atoms with E-state index in [2.05, 4.69) is 15.7 Å². The van der Waals surface area contributed by atoms with Crippen molar-refractivity contribution in [3.63, 3.8) is 0 Å². The van der Waals surface area contributed by atoms with Gasteiger partial charge in [-0.1, -0.05) is 6.07 Å². The zero-order chi connectivity index (χ0) is 17.1. The second-order valence-corrected chi connectivity index (χ2v) is 6.05. The molecule has 1 aliphatic heterocycles. The first-order valence-electron chi connectivity index (χ1n) is 8.06. The number of hydrogen-bond donors (Lipinski definition) is 2. The van der Waals surface area contributed by atoms with E-state index < -0.39 is 17.7 Å². The van der Waals surface area contributed by atoms with E-state index in [9.17, 15) is 13.6 Å². The zero-order valence-electron chi connectivity index (χ0n) is 13.8. The van der Waals surface area contributed by atoms with Gasteiger partial charge in [-0.05, 0) is 50.1 Å². The number of hydrogen-bond acceptors (Lipinski definition) is 3. The third kappa shape index (κ3) is 4.55. The topological polar surface area (TPSA) is 59.0 Å². The first-order chi connectivity index (χ1) is 11.5. The molecule has 1 aromatic heterocycles.